The Kier molecular flexibility index (Phi) is 7.09. The third-order valence-electron chi connectivity index (χ3n) is 4.15. The Hall–Kier alpha value is -0.340. The molecule has 2 rings (SSSR count). The van der Waals surface area contributed by atoms with Crippen molar-refractivity contribution in [1.29, 1.82) is 0 Å². The molecule has 1 unspecified atom stereocenters. The molecule has 20 heavy (non-hydrogen) atoms. The van der Waals surface area contributed by atoms with Gasteiger partial charge in [-0.05, 0) is 55.8 Å². The first kappa shape index (κ1) is 16.0. The lowest BCUT2D eigenvalue weighted by Crippen LogP contribution is -2.26. The predicted molar refractivity (Wildman–Crippen MR) is 91.1 cm³/mol. The molecule has 0 aromatic heterocycles. The highest BCUT2D eigenvalue weighted by atomic mass is 79.9. The minimum Gasteiger partial charge on any atom is -0.314 e. The van der Waals surface area contributed by atoms with Crippen LogP contribution in [0.3, 0.4) is 0 Å². The third-order valence-corrected chi connectivity index (χ3v) is 4.65. The van der Waals surface area contributed by atoms with Gasteiger partial charge in [0.15, 0.2) is 0 Å². The highest BCUT2D eigenvalue weighted by molar-refractivity contribution is 9.10. The summed E-state index contributed by atoms with van der Waals surface area (Å²) in [4.78, 5) is 0. The molecule has 1 nitrogen and oxygen atoms in total. The van der Waals surface area contributed by atoms with Crippen molar-refractivity contribution in [3.05, 3.63) is 34.3 Å². The number of unbranched alkanes of at least 4 members (excludes halogenated alkanes) is 3. The lowest BCUT2D eigenvalue weighted by atomic mass is 9.93. The van der Waals surface area contributed by atoms with Crippen LogP contribution in [0.25, 0.3) is 0 Å². The highest BCUT2D eigenvalue weighted by Crippen LogP contribution is 2.22. The van der Waals surface area contributed by atoms with Gasteiger partial charge in [0.2, 0.25) is 0 Å². The fourth-order valence-corrected chi connectivity index (χ4v) is 3.20. The highest BCUT2D eigenvalue weighted by Gasteiger charge is 2.21. The van der Waals surface area contributed by atoms with Crippen molar-refractivity contribution in [2.75, 3.05) is 6.54 Å². The standard InChI is InChI=1S/C18H28BrN/c1-2-3-4-5-7-16(14-20-18-10-11-18)12-15-8-6-9-17(19)13-15/h6,8-9,13,16,18,20H,2-5,7,10-12,14H2,1H3. The molecule has 0 bridgehead atoms. The van der Waals surface area contributed by atoms with Crippen LogP contribution in [0.15, 0.2) is 28.7 Å². The summed E-state index contributed by atoms with van der Waals surface area (Å²) < 4.78 is 1.20. The van der Waals surface area contributed by atoms with Gasteiger partial charge >= 0.3 is 0 Å². The molecule has 1 aromatic carbocycles. The second-order valence-corrected chi connectivity index (χ2v) is 7.15. The number of benzene rings is 1. The first-order chi connectivity index (χ1) is 9.78. The summed E-state index contributed by atoms with van der Waals surface area (Å²) in [6.07, 6.45) is 10.9. The van der Waals surface area contributed by atoms with E-state index in [9.17, 15) is 0 Å². The van der Waals surface area contributed by atoms with E-state index in [4.69, 9.17) is 0 Å². The van der Waals surface area contributed by atoms with E-state index in [1.165, 1.54) is 67.9 Å². The monoisotopic (exact) mass is 337 g/mol. The maximum atomic E-state index is 3.72. The minimum absolute atomic E-state index is 0.793. The Labute approximate surface area is 132 Å². The molecule has 2 heteroatoms. The average molecular weight is 338 g/mol. The average Bonchev–Trinajstić information content (AvgIpc) is 3.25. The number of hydrogen-bond acceptors (Lipinski definition) is 1. The quantitative estimate of drug-likeness (QED) is 0.569. The maximum absolute atomic E-state index is 3.72. The zero-order valence-corrected chi connectivity index (χ0v) is 14.3. The van der Waals surface area contributed by atoms with E-state index in [1.54, 1.807) is 0 Å². The topological polar surface area (TPSA) is 12.0 Å². The fourth-order valence-electron chi connectivity index (χ4n) is 2.75. The smallest absolute Gasteiger partial charge is 0.0177 e. The molecule has 0 spiro atoms. The zero-order valence-electron chi connectivity index (χ0n) is 12.7. The molecule has 0 aliphatic heterocycles. The van der Waals surface area contributed by atoms with E-state index >= 15 is 0 Å². The Balaban J connectivity index is 1.80. The second kappa shape index (κ2) is 8.84. The number of hydrogen-bond donors (Lipinski definition) is 1. The normalized spacial score (nSPS) is 16.3. The first-order valence-electron chi connectivity index (χ1n) is 8.25. The van der Waals surface area contributed by atoms with Gasteiger partial charge in [0.25, 0.3) is 0 Å². The molecule has 0 heterocycles. The lowest BCUT2D eigenvalue weighted by molar-refractivity contribution is 0.420. The van der Waals surface area contributed by atoms with Gasteiger partial charge in [-0.2, -0.15) is 0 Å². The molecular formula is C18H28BrN. The molecule has 0 radical (unpaired) electrons. The first-order valence-corrected chi connectivity index (χ1v) is 9.05. The molecule has 1 aromatic rings. The summed E-state index contributed by atoms with van der Waals surface area (Å²) in [6, 6.07) is 9.64. The lowest BCUT2D eigenvalue weighted by Gasteiger charge is -2.18. The maximum Gasteiger partial charge on any atom is 0.0177 e. The van der Waals surface area contributed by atoms with Gasteiger partial charge in [0, 0.05) is 10.5 Å². The van der Waals surface area contributed by atoms with E-state index in [2.05, 4.69) is 52.4 Å². The Bertz CT molecular complexity index is 387. The molecule has 0 amide bonds. The third kappa shape index (κ3) is 6.41. The largest absolute Gasteiger partial charge is 0.314 e. The van der Waals surface area contributed by atoms with Gasteiger partial charge in [-0.1, -0.05) is 60.7 Å². The number of rotatable bonds is 10. The van der Waals surface area contributed by atoms with E-state index in [-0.39, 0.29) is 0 Å². The summed E-state index contributed by atoms with van der Waals surface area (Å²) in [6.45, 7) is 3.48. The second-order valence-electron chi connectivity index (χ2n) is 6.23. The van der Waals surface area contributed by atoms with Gasteiger partial charge < -0.3 is 5.32 Å². The molecule has 1 aliphatic rings. The van der Waals surface area contributed by atoms with E-state index < -0.39 is 0 Å². The molecule has 1 fully saturated rings. The van der Waals surface area contributed by atoms with Gasteiger partial charge in [-0.15, -0.1) is 0 Å². The van der Waals surface area contributed by atoms with Crippen molar-refractivity contribution in [2.24, 2.45) is 5.92 Å². The summed E-state index contributed by atoms with van der Waals surface area (Å²) in [5, 5.41) is 3.72. The number of halogens is 1. The van der Waals surface area contributed by atoms with Crippen molar-refractivity contribution in [3.63, 3.8) is 0 Å². The van der Waals surface area contributed by atoms with Crippen molar-refractivity contribution in [3.8, 4) is 0 Å². The Morgan fingerprint density at radius 1 is 1.25 bits per heavy atom. The van der Waals surface area contributed by atoms with Crippen LogP contribution in [0.2, 0.25) is 0 Å². The van der Waals surface area contributed by atoms with Crippen LogP contribution in [0.1, 0.15) is 57.4 Å². The zero-order chi connectivity index (χ0) is 14.2. The van der Waals surface area contributed by atoms with Gasteiger partial charge in [-0.25, -0.2) is 0 Å². The van der Waals surface area contributed by atoms with Gasteiger partial charge in [0.1, 0.15) is 0 Å². The van der Waals surface area contributed by atoms with Crippen LogP contribution in [-0.2, 0) is 6.42 Å². The summed E-state index contributed by atoms with van der Waals surface area (Å²) in [5.74, 6) is 0.793. The van der Waals surface area contributed by atoms with Gasteiger partial charge in [-0.3, -0.25) is 0 Å². The molecule has 1 atom stereocenters. The van der Waals surface area contributed by atoms with Crippen LogP contribution in [0, 0.1) is 5.92 Å². The van der Waals surface area contributed by atoms with Crippen molar-refractivity contribution >= 4 is 15.9 Å². The summed E-state index contributed by atoms with van der Waals surface area (Å²) in [5.41, 5.74) is 1.47. The molecular weight excluding hydrogens is 310 g/mol. The molecule has 1 aliphatic carbocycles. The van der Waals surface area contributed by atoms with E-state index in [1.807, 2.05) is 0 Å². The molecule has 1 saturated carbocycles. The van der Waals surface area contributed by atoms with Crippen molar-refractivity contribution in [1.82, 2.24) is 5.32 Å². The van der Waals surface area contributed by atoms with Crippen molar-refractivity contribution < 1.29 is 0 Å². The molecule has 112 valence electrons. The summed E-state index contributed by atoms with van der Waals surface area (Å²) >= 11 is 3.58. The fraction of sp³-hybridized carbons (Fsp3) is 0.667. The Morgan fingerprint density at radius 3 is 2.80 bits per heavy atom. The van der Waals surface area contributed by atoms with Crippen molar-refractivity contribution in [2.45, 2.75) is 64.3 Å². The van der Waals surface area contributed by atoms with Gasteiger partial charge in [0.05, 0.1) is 0 Å². The minimum atomic E-state index is 0.793. The Morgan fingerprint density at radius 2 is 2.10 bits per heavy atom. The number of nitrogens with one attached hydrogen (secondary N) is 1. The van der Waals surface area contributed by atoms with Crippen LogP contribution in [0.4, 0.5) is 0 Å². The summed E-state index contributed by atoms with van der Waals surface area (Å²) in [7, 11) is 0. The predicted octanol–water partition coefficient (Wildman–Crippen LogP) is 5.33. The molecule has 0 saturated heterocycles. The van der Waals surface area contributed by atoms with E-state index in [0.29, 0.717) is 0 Å². The van der Waals surface area contributed by atoms with Crippen LogP contribution in [0.5, 0.6) is 0 Å². The van der Waals surface area contributed by atoms with Crippen LogP contribution >= 0.6 is 15.9 Å². The van der Waals surface area contributed by atoms with Crippen LogP contribution < -0.4 is 5.32 Å². The van der Waals surface area contributed by atoms with E-state index in [0.717, 1.165) is 12.0 Å². The SMILES string of the molecule is CCCCCCC(CNC1CC1)Cc1cccc(Br)c1. The van der Waals surface area contributed by atoms with Crippen LogP contribution in [-0.4, -0.2) is 12.6 Å². The molecule has 1 N–H and O–H groups in total.